The van der Waals surface area contributed by atoms with Gasteiger partial charge in [-0.2, -0.15) is 0 Å². The summed E-state index contributed by atoms with van der Waals surface area (Å²) in [6.07, 6.45) is 0. The molecule has 0 radical (unpaired) electrons. The average molecular weight is 414 g/mol. The van der Waals surface area contributed by atoms with Crippen LogP contribution in [0.4, 0.5) is 11.4 Å². The van der Waals surface area contributed by atoms with Crippen molar-refractivity contribution in [2.24, 2.45) is 0 Å². The summed E-state index contributed by atoms with van der Waals surface area (Å²) in [6.45, 7) is 6.04. The summed E-state index contributed by atoms with van der Waals surface area (Å²) in [7, 11) is 2.13. The lowest BCUT2D eigenvalue weighted by atomic mass is 10.2. The second kappa shape index (κ2) is 8.11. The number of carbonyl (C=O) groups excluding carboxylic acids is 2. The van der Waals surface area contributed by atoms with Crippen LogP contribution in [0, 0.1) is 0 Å². The van der Waals surface area contributed by atoms with Gasteiger partial charge in [0.1, 0.15) is 0 Å². The molecule has 2 aliphatic rings. The number of hydrogen-bond donors (Lipinski definition) is 0. The van der Waals surface area contributed by atoms with Crippen LogP contribution in [0.5, 0.6) is 0 Å². The quantitative estimate of drug-likeness (QED) is 0.702. The standard InChI is InChI=1S/C21H23N3O2S2/c1-3-27-19-18(17-5-4-14-28-17)20(25)24(21(19)26)16-8-6-15(7-9-16)23-12-10-22(2)11-13-23/h4-9,14H,3,10-13H2,1-2H3. The van der Waals surface area contributed by atoms with Crippen LogP contribution in [-0.2, 0) is 9.59 Å². The molecule has 0 saturated carbocycles. The van der Waals surface area contributed by atoms with Gasteiger partial charge in [-0.1, -0.05) is 13.0 Å². The molecule has 0 atom stereocenters. The van der Waals surface area contributed by atoms with Gasteiger partial charge in [0.15, 0.2) is 0 Å². The molecule has 0 bridgehead atoms. The minimum absolute atomic E-state index is 0.215. The molecular weight excluding hydrogens is 390 g/mol. The summed E-state index contributed by atoms with van der Waals surface area (Å²) in [5, 5.41) is 1.93. The number of piperazine rings is 1. The normalized spacial score (nSPS) is 18.5. The van der Waals surface area contributed by atoms with Crippen molar-refractivity contribution in [1.82, 2.24) is 4.90 Å². The van der Waals surface area contributed by atoms with E-state index in [0.717, 1.165) is 42.5 Å². The molecule has 0 spiro atoms. The van der Waals surface area contributed by atoms with Gasteiger partial charge >= 0.3 is 0 Å². The zero-order valence-electron chi connectivity index (χ0n) is 16.1. The highest BCUT2D eigenvalue weighted by Gasteiger charge is 2.40. The van der Waals surface area contributed by atoms with E-state index in [1.807, 2.05) is 48.7 Å². The smallest absolute Gasteiger partial charge is 0.272 e. The summed E-state index contributed by atoms with van der Waals surface area (Å²) in [5.41, 5.74) is 2.30. The number of benzene rings is 1. The zero-order valence-corrected chi connectivity index (χ0v) is 17.7. The van der Waals surface area contributed by atoms with Crippen LogP contribution in [0.3, 0.4) is 0 Å². The maximum absolute atomic E-state index is 13.1. The van der Waals surface area contributed by atoms with Gasteiger partial charge in [-0.05, 0) is 48.5 Å². The Hall–Kier alpha value is -2.09. The second-order valence-electron chi connectivity index (χ2n) is 6.87. The molecule has 5 nitrogen and oxygen atoms in total. The molecule has 2 aromatic rings. The van der Waals surface area contributed by atoms with Gasteiger partial charge in [0, 0.05) is 36.7 Å². The van der Waals surface area contributed by atoms with E-state index in [9.17, 15) is 9.59 Å². The van der Waals surface area contributed by atoms with E-state index in [1.165, 1.54) is 28.0 Å². The van der Waals surface area contributed by atoms with E-state index in [-0.39, 0.29) is 11.8 Å². The Kier molecular flexibility index (Phi) is 5.57. The molecule has 7 heteroatoms. The van der Waals surface area contributed by atoms with Gasteiger partial charge in [-0.15, -0.1) is 23.1 Å². The Balaban J connectivity index is 1.60. The van der Waals surface area contributed by atoms with E-state index < -0.39 is 0 Å². The van der Waals surface area contributed by atoms with Crippen molar-refractivity contribution in [3.8, 4) is 0 Å². The molecule has 0 unspecified atom stereocenters. The van der Waals surface area contributed by atoms with E-state index in [2.05, 4.69) is 16.8 Å². The maximum Gasteiger partial charge on any atom is 0.272 e. The molecule has 1 fully saturated rings. The van der Waals surface area contributed by atoms with Crippen LogP contribution < -0.4 is 9.80 Å². The maximum atomic E-state index is 13.1. The van der Waals surface area contributed by atoms with Crippen molar-refractivity contribution in [1.29, 1.82) is 0 Å². The summed E-state index contributed by atoms with van der Waals surface area (Å²) in [5.74, 6) is 0.308. The van der Waals surface area contributed by atoms with Gasteiger partial charge in [-0.25, -0.2) is 4.90 Å². The fourth-order valence-electron chi connectivity index (χ4n) is 3.54. The number of nitrogens with zero attached hydrogens (tertiary/aromatic N) is 3. The van der Waals surface area contributed by atoms with E-state index in [1.54, 1.807) is 0 Å². The van der Waals surface area contributed by atoms with Crippen LogP contribution in [0.1, 0.15) is 11.8 Å². The van der Waals surface area contributed by atoms with Crippen LogP contribution in [-0.4, -0.2) is 55.7 Å². The fraction of sp³-hybridized carbons (Fsp3) is 0.333. The number of carbonyl (C=O) groups is 2. The van der Waals surface area contributed by atoms with E-state index >= 15 is 0 Å². The largest absolute Gasteiger partial charge is 0.369 e. The number of hydrogen-bond acceptors (Lipinski definition) is 6. The number of rotatable bonds is 5. The van der Waals surface area contributed by atoms with Gasteiger partial charge < -0.3 is 9.80 Å². The third-order valence-electron chi connectivity index (χ3n) is 5.07. The third-order valence-corrected chi connectivity index (χ3v) is 6.92. The summed E-state index contributed by atoms with van der Waals surface area (Å²) in [4.78, 5) is 33.6. The zero-order chi connectivity index (χ0) is 19.7. The molecule has 1 saturated heterocycles. The van der Waals surface area contributed by atoms with Crippen molar-refractivity contribution in [3.05, 3.63) is 51.6 Å². The molecule has 28 heavy (non-hydrogen) atoms. The Bertz CT molecular complexity index is 898. The van der Waals surface area contributed by atoms with Crippen LogP contribution in [0.15, 0.2) is 46.7 Å². The van der Waals surface area contributed by atoms with Gasteiger partial charge in [-0.3, -0.25) is 9.59 Å². The first-order valence-electron chi connectivity index (χ1n) is 9.43. The topological polar surface area (TPSA) is 43.9 Å². The molecule has 4 rings (SSSR count). The minimum atomic E-state index is -0.226. The van der Waals surface area contributed by atoms with Crippen molar-refractivity contribution in [2.45, 2.75) is 6.92 Å². The number of thioether (sulfide) groups is 1. The summed E-state index contributed by atoms with van der Waals surface area (Å²) >= 11 is 2.94. The molecule has 146 valence electrons. The third kappa shape index (κ3) is 3.50. The second-order valence-corrected chi connectivity index (χ2v) is 9.09. The summed E-state index contributed by atoms with van der Waals surface area (Å²) in [6, 6.07) is 11.6. The van der Waals surface area contributed by atoms with Crippen molar-refractivity contribution < 1.29 is 9.59 Å². The SMILES string of the molecule is CCSC1=C(c2cccs2)C(=O)N(c2ccc(N3CCN(C)CC3)cc2)C1=O. The highest BCUT2D eigenvalue weighted by Crippen LogP contribution is 2.40. The number of amides is 2. The Morgan fingerprint density at radius 1 is 0.964 bits per heavy atom. The van der Waals surface area contributed by atoms with Gasteiger partial charge in [0.2, 0.25) is 0 Å². The van der Waals surface area contributed by atoms with Crippen molar-refractivity contribution in [2.75, 3.05) is 48.8 Å². The lowest BCUT2D eigenvalue weighted by Gasteiger charge is -2.34. The monoisotopic (exact) mass is 413 g/mol. The number of thiophene rings is 1. The first kappa shape index (κ1) is 19.2. The van der Waals surface area contributed by atoms with Crippen molar-refractivity contribution in [3.63, 3.8) is 0 Å². The van der Waals surface area contributed by atoms with Gasteiger partial charge in [0.25, 0.3) is 11.8 Å². The number of imide groups is 1. The highest BCUT2D eigenvalue weighted by molar-refractivity contribution is 8.04. The number of anilines is 2. The molecule has 1 aromatic heterocycles. The van der Waals surface area contributed by atoms with E-state index in [4.69, 9.17) is 0 Å². The first-order chi connectivity index (χ1) is 13.6. The first-order valence-corrected chi connectivity index (χ1v) is 11.3. The Morgan fingerprint density at radius 2 is 1.64 bits per heavy atom. The minimum Gasteiger partial charge on any atom is -0.369 e. The lowest BCUT2D eigenvalue weighted by molar-refractivity contribution is -0.119. The molecule has 3 heterocycles. The predicted molar refractivity (Wildman–Crippen MR) is 118 cm³/mol. The Labute approximate surface area is 173 Å². The van der Waals surface area contributed by atoms with Crippen LogP contribution in [0.25, 0.3) is 5.57 Å². The predicted octanol–water partition coefficient (Wildman–Crippen LogP) is 3.54. The van der Waals surface area contributed by atoms with E-state index in [0.29, 0.717) is 16.2 Å². The Morgan fingerprint density at radius 3 is 2.25 bits per heavy atom. The summed E-state index contributed by atoms with van der Waals surface area (Å²) < 4.78 is 0. The molecule has 2 aliphatic heterocycles. The molecule has 0 N–H and O–H groups in total. The highest BCUT2D eigenvalue weighted by atomic mass is 32.2. The molecule has 2 amide bonds. The average Bonchev–Trinajstić information content (AvgIpc) is 3.30. The van der Waals surface area contributed by atoms with Crippen LogP contribution in [0.2, 0.25) is 0 Å². The number of likely N-dealkylation sites (N-methyl/N-ethyl adjacent to an activating group) is 1. The fourth-order valence-corrected chi connectivity index (χ4v) is 5.22. The molecule has 0 aliphatic carbocycles. The van der Waals surface area contributed by atoms with Crippen molar-refractivity contribution >= 4 is 51.9 Å². The molecular formula is C21H23N3O2S2. The van der Waals surface area contributed by atoms with Crippen LogP contribution >= 0.6 is 23.1 Å². The lowest BCUT2D eigenvalue weighted by Crippen LogP contribution is -2.44. The molecule has 1 aromatic carbocycles. The van der Waals surface area contributed by atoms with Gasteiger partial charge in [0.05, 0.1) is 16.2 Å².